The van der Waals surface area contributed by atoms with Gasteiger partial charge < -0.3 is 31.0 Å². The largest absolute Gasteiger partial charge is 0.419 e. The van der Waals surface area contributed by atoms with Gasteiger partial charge in [-0.25, -0.2) is 0 Å². The predicted octanol–water partition coefficient (Wildman–Crippen LogP) is 29.6. The second kappa shape index (κ2) is 37.0. The highest BCUT2D eigenvalue weighted by molar-refractivity contribution is 7.59. The molecule has 16 rings (SSSR count). The maximum Gasteiger partial charge on any atom is 0.213 e. The summed E-state index contributed by atoms with van der Waals surface area (Å²) >= 11 is 0. The van der Waals surface area contributed by atoms with Crippen LogP contribution >= 0.6 is 64.2 Å². The van der Waals surface area contributed by atoms with Gasteiger partial charge in [-0.05, 0) is 212 Å². The minimum absolute atomic E-state index is 0.0879. The average molecular weight is 1550 g/mol. The van der Waals surface area contributed by atoms with E-state index in [1.165, 1.54) is 81.5 Å². The van der Waals surface area contributed by atoms with Gasteiger partial charge in [0.15, 0.2) is 5.79 Å². The molecule has 6 aliphatic heterocycles. The van der Waals surface area contributed by atoms with Gasteiger partial charge in [0.25, 0.3) is 0 Å². The van der Waals surface area contributed by atoms with Gasteiger partial charge in [-0.1, -0.05) is 248 Å². The van der Waals surface area contributed by atoms with Crippen molar-refractivity contribution in [2.75, 3.05) is 59.9 Å². The molecule has 2 bridgehead atoms. The summed E-state index contributed by atoms with van der Waals surface area (Å²) in [5.74, 6) is -0.353. The molecule has 103 heavy (non-hydrogen) atoms. The van der Waals surface area contributed by atoms with Crippen LogP contribution in [0.2, 0.25) is 0 Å². The van der Waals surface area contributed by atoms with Gasteiger partial charge in [0, 0.05) is 46.2 Å². The van der Waals surface area contributed by atoms with Crippen molar-refractivity contribution in [2.45, 2.75) is 262 Å². The molecule has 570 valence electrons. The normalized spacial score (nSPS) is 28.3. The van der Waals surface area contributed by atoms with E-state index in [9.17, 15) is 0 Å². The lowest BCUT2D eigenvalue weighted by Crippen LogP contribution is -2.58. The lowest BCUT2D eigenvalue weighted by atomic mass is 9.45. The molecule has 6 aromatic carbocycles. The van der Waals surface area contributed by atoms with Gasteiger partial charge in [0.2, 0.25) is 16.0 Å². The van der Waals surface area contributed by atoms with Crippen LogP contribution in [0.4, 0.5) is 0 Å². The Hall–Kier alpha value is -1.90. The lowest BCUT2D eigenvalue weighted by molar-refractivity contribution is -0.147. The standard InChI is InChI=1S/C21H15O2P.C14H27P.C13H11O2P.C13H25P.C10H19O2P.C7H15OP.C7H15P.C3H9P/c1-24-22-18-12-10-14-6-2-4-8-16(14)20(18)21-17-9-5-3-7-15(17)11-13-19(21)23-24;1-11(2)9-13(5,6)14(7,8)10(15-9)12(11,3)4;1-16-14-12-8-4-2-6-10(12)11-7-3-5-9-13(11)15-16;1-14(12-8-4-2-5-9-12)13-10-6-3-7-11-13;1-6-8-9(7(2)13(6)5)12-10(3,4)11-8;1-6-4-8-5-7(2)9(6)3;1-6-4-5-7(2)8(6)3;1-4(2)3/h2-13H,1H3;9-10,15H,1-8H3;2-9H,1H3;12-13H,2-11H2,1H3;6-9H,1-5H3;6-7H,4-5H2,1-3H3;6-7H,4-5H2,1-3H3;1-3H3/t;;;;6-,7-,8+,9+;2*6-,7-;/m....010./s1. The SMILES string of the molecule is CC1(C)C2PC(C1(C)C)C(C)(C)C2(C)C.CP(C)C.CP(C1CCCCC1)C1CCCCC1.C[C@@H]1COC[C@@H](C)P1C.C[C@H]1CC[C@H](C)P1C.C[C@H]1[C@H]2OC(C)(C)O[C@@H]2[C@H](C)P1C.Cp1oc2ccc3ccccc3c2c2c(ccc3ccccc32)o1.Cp1oc2ccccc2c2ccccc2o1. The molecule has 0 unspecified atom stereocenters. The van der Waals surface area contributed by atoms with Crippen LogP contribution in [0.5, 0.6) is 0 Å². The van der Waals surface area contributed by atoms with E-state index in [0.717, 1.165) is 102 Å². The first-order chi connectivity index (χ1) is 48.6. The molecule has 0 radical (unpaired) electrons. The number of hydrogen-bond donors (Lipinski definition) is 0. The minimum atomic E-state index is -1.00. The zero-order valence-electron chi connectivity index (χ0n) is 68.4. The fourth-order valence-electron chi connectivity index (χ4n) is 17.7. The van der Waals surface area contributed by atoms with Crippen molar-refractivity contribution in [2.24, 2.45) is 35.0 Å². The molecule has 2 saturated carbocycles. The van der Waals surface area contributed by atoms with Crippen molar-refractivity contribution >= 4 is 130 Å². The van der Waals surface area contributed by atoms with Crippen LogP contribution in [0.3, 0.4) is 0 Å². The van der Waals surface area contributed by atoms with Crippen LogP contribution < -0.4 is 0 Å². The van der Waals surface area contributed by atoms with E-state index in [4.69, 9.17) is 31.0 Å². The first kappa shape index (κ1) is 85.1. The van der Waals surface area contributed by atoms with Gasteiger partial charge in [-0.3, -0.25) is 0 Å². The van der Waals surface area contributed by atoms with Crippen LogP contribution in [0.25, 0.3) is 65.4 Å². The topological polar surface area (TPSA) is 80.2 Å². The van der Waals surface area contributed by atoms with Gasteiger partial charge in [-0.15, -0.1) is 32.3 Å². The van der Waals surface area contributed by atoms with E-state index in [2.05, 4.69) is 229 Å². The van der Waals surface area contributed by atoms with Crippen LogP contribution in [-0.2, 0) is 27.5 Å². The summed E-state index contributed by atoms with van der Waals surface area (Å²) in [5.41, 5.74) is 14.9. The van der Waals surface area contributed by atoms with Crippen LogP contribution in [0.1, 0.15) is 188 Å². The van der Waals surface area contributed by atoms with E-state index in [-0.39, 0.29) is 21.6 Å². The summed E-state index contributed by atoms with van der Waals surface area (Å²) < 4.78 is 41.1. The summed E-state index contributed by atoms with van der Waals surface area (Å²) in [6.07, 6.45) is 19.1. The van der Waals surface area contributed by atoms with E-state index in [1.54, 1.807) is 25.7 Å². The first-order valence-electron chi connectivity index (χ1n) is 39.2. The molecule has 8 aliphatic rings. The Morgan fingerprint density at radius 3 is 1.02 bits per heavy atom. The second-order valence-corrected chi connectivity index (χ2v) is 53.2. The number of fused-ring (bicyclic) bond motifs is 13. The second-order valence-electron chi connectivity index (χ2n) is 34.6. The Balaban J connectivity index is 0.000000142. The Kier molecular flexibility index (Phi) is 30.5. The van der Waals surface area contributed by atoms with Gasteiger partial charge in [0.05, 0.1) is 25.4 Å². The van der Waals surface area contributed by atoms with Crippen molar-refractivity contribution < 1.29 is 31.0 Å². The molecular formula is C88H136O7P8. The molecule has 7 nitrogen and oxygen atoms in total. The van der Waals surface area contributed by atoms with Gasteiger partial charge in [-0.2, -0.15) is 0 Å². The summed E-state index contributed by atoms with van der Waals surface area (Å²) in [7, 11) is 0.803. The fraction of sp³-hybridized carbons (Fsp3) is 0.636. The maximum absolute atomic E-state index is 6.14. The van der Waals surface area contributed by atoms with Crippen molar-refractivity contribution in [3.63, 3.8) is 0 Å². The predicted molar refractivity (Wildman–Crippen MR) is 471 cm³/mol. The van der Waals surface area contributed by atoms with Crippen molar-refractivity contribution in [3.8, 4) is 0 Å². The molecule has 8 fully saturated rings. The highest BCUT2D eigenvalue weighted by atomic mass is 31.1. The fourth-order valence-corrected chi connectivity index (χ4v) is 31.6. The highest BCUT2D eigenvalue weighted by Crippen LogP contribution is 2.80. The van der Waals surface area contributed by atoms with Crippen molar-refractivity contribution in [3.05, 3.63) is 121 Å². The molecule has 8 aromatic rings. The van der Waals surface area contributed by atoms with E-state index < -0.39 is 16.0 Å². The minimum Gasteiger partial charge on any atom is -0.419 e. The Bertz CT molecular complexity index is 3810. The maximum atomic E-state index is 6.14. The molecular weight excluding hydrogens is 1420 g/mol. The van der Waals surface area contributed by atoms with Crippen molar-refractivity contribution in [1.82, 2.24) is 0 Å². The number of rotatable bonds is 2. The molecule has 2 aromatic heterocycles. The Labute approximate surface area is 635 Å². The third kappa shape index (κ3) is 20.1. The average Bonchev–Trinajstić information content (AvgIpc) is 1.51. The highest BCUT2D eigenvalue weighted by Gasteiger charge is 2.71. The van der Waals surface area contributed by atoms with Gasteiger partial charge in [0.1, 0.15) is 22.3 Å². The number of ether oxygens (including phenoxy) is 3. The number of para-hydroxylation sites is 2. The molecule has 8 heterocycles. The molecule has 0 spiro atoms. The summed E-state index contributed by atoms with van der Waals surface area (Å²) in [4.78, 5) is 0. The Morgan fingerprint density at radius 2 is 0.689 bits per heavy atom. The molecule has 0 amide bonds. The quantitative estimate of drug-likeness (QED) is 0.160. The third-order valence-electron chi connectivity index (χ3n) is 25.7. The van der Waals surface area contributed by atoms with Crippen molar-refractivity contribution in [1.29, 1.82) is 0 Å². The smallest absolute Gasteiger partial charge is 0.213 e. The zero-order chi connectivity index (χ0) is 75.1. The Morgan fingerprint density at radius 1 is 0.369 bits per heavy atom. The number of aryl methyl sites for hydroxylation is 2. The molecule has 0 N–H and O–H groups in total. The molecule has 6 saturated heterocycles. The van der Waals surface area contributed by atoms with Gasteiger partial charge >= 0.3 is 0 Å². The number of hydrogen-bond acceptors (Lipinski definition) is 7. The molecule has 8 atom stereocenters. The van der Waals surface area contributed by atoms with E-state index in [1.807, 2.05) is 63.6 Å². The van der Waals surface area contributed by atoms with Crippen LogP contribution in [0.15, 0.2) is 138 Å². The summed E-state index contributed by atoms with van der Waals surface area (Å²) in [6, 6.07) is 41.4. The van der Waals surface area contributed by atoms with Crippen LogP contribution in [-0.4, -0.2) is 134 Å². The van der Waals surface area contributed by atoms with E-state index >= 15 is 0 Å². The van der Waals surface area contributed by atoms with E-state index in [0.29, 0.717) is 69.0 Å². The van der Waals surface area contributed by atoms with Crippen LogP contribution in [0, 0.1) is 21.7 Å². The molecule has 2 aliphatic carbocycles. The molecule has 15 heteroatoms. The first-order valence-corrected chi connectivity index (χ1v) is 54.0. The summed E-state index contributed by atoms with van der Waals surface area (Å²) in [5, 5.41) is 9.28. The third-order valence-corrected chi connectivity index (χ3v) is 44.0. The lowest BCUT2D eigenvalue weighted by Gasteiger charge is -2.59. The number of benzene rings is 6. The summed E-state index contributed by atoms with van der Waals surface area (Å²) in [6.45, 7) is 60.5. The zero-order valence-corrected chi connectivity index (χ0v) is 75.6. The monoisotopic (exact) mass is 1550 g/mol.